The molecule has 0 spiro atoms. The van der Waals surface area contributed by atoms with Gasteiger partial charge < -0.3 is 0 Å². The van der Waals surface area contributed by atoms with Gasteiger partial charge in [0.15, 0.2) is 0 Å². The highest BCUT2D eigenvalue weighted by Gasteiger charge is 2.05. The molecule has 0 bridgehead atoms. The van der Waals surface area contributed by atoms with Crippen molar-refractivity contribution >= 4 is 21.6 Å². The largest absolute Gasteiger partial charge is 0.255 e. The van der Waals surface area contributed by atoms with Gasteiger partial charge in [-0.05, 0) is 34.0 Å². The van der Waals surface area contributed by atoms with Crippen molar-refractivity contribution in [3.63, 3.8) is 0 Å². The predicted molar refractivity (Wildman–Crippen MR) is 81.7 cm³/mol. The first kappa shape index (κ1) is 12.1. The smallest absolute Gasteiger partial charge is 0.0498 e. The number of hydrogen-bond donors (Lipinski definition) is 0. The summed E-state index contributed by atoms with van der Waals surface area (Å²) in [7, 11) is -0.947. The van der Waals surface area contributed by atoms with Crippen LogP contribution in [-0.2, 0) is 10.8 Å². The fourth-order valence-corrected chi connectivity index (χ4v) is 2.88. The molecule has 0 aromatic heterocycles. The minimum Gasteiger partial charge on any atom is -0.255 e. The van der Waals surface area contributed by atoms with Crippen molar-refractivity contribution < 1.29 is 4.21 Å². The van der Waals surface area contributed by atoms with Crippen molar-refractivity contribution in [1.29, 1.82) is 0 Å². The fraction of sp³-hybridized carbons (Fsp3) is 0.0588. The van der Waals surface area contributed by atoms with Crippen LogP contribution < -0.4 is 0 Å². The van der Waals surface area contributed by atoms with E-state index < -0.39 is 10.8 Å². The average Bonchev–Trinajstić information content (AvgIpc) is 2.47. The van der Waals surface area contributed by atoms with Gasteiger partial charge in [-0.15, -0.1) is 0 Å². The topological polar surface area (TPSA) is 17.1 Å². The molecule has 0 radical (unpaired) electrons. The van der Waals surface area contributed by atoms with E-state index in [1.165, 1.54) is 16.3 Å². The summed E-state index contributed by atoms with van der Waals surface area (Å²) in [5, 5.41) is 2.45. The van der Waals surface area contributed by atoms with Crippen LogP contribution in [0, 0.1) is 0 Å². The van der Waals surface area contributed by atoms with Crippen molar-refractivity contribution in [3.8, 4) is 11.1 Å². The van der Waals surface area contributed by atoms with E-state index in [1.807, 2.05) is 30.3 Å². The van der Waals surface area contributed by atoms with Crippen LogP contribution in [0.4, 0.5) is 0 Å². The zero-order chi connectivity index (χ0) is 13.2. The molecule has 3 aromatic rings. The first-order chi connectivity index (χ1) is 9.25. The maximum atomic E-state index is 11.6. The lowest BCUT2D eigenvalue weighted by Crippen LogP contribution is -1.88. The lowest BCUT2D eigenvalue weighted by Gasteiger charge is -2.08. The van der Waals surface area contributed by atoms with E-state index in [0.29, 0.717) is 0 Å². The lowest BCUT2D eigenvalue weighted by atomic mass is 9.98. The Bertz CT molecular complexity index is 757. The van der Waals surface area contributed by atoms with Crippen molar-refractivity contribution in [1.82, 2.24) is 0 Å². The molecule has 3 aromatic carbocycles. The van der Waals surface area contributed by atoms with E-state index >= 15 is 0 Å². The van der Waals surface area contributed by atoms with Gasteiger partial charge in [-0.2, -0.15) is 0 Å². The summed E-state index contributed by atoms with van der Waals surface area (Å²) >= 11 is 0. The Balaban J connectivity index is 2.24. The molecule has 0 amide bonds. The molecule has 3 rings (SSSR count). The standard InChI is InChI=1S/C17H14OS/c1-19(18)15-9-4-8-14(12-15)17-11-5-7-13-6-2-3-10-16(13)17/h2-12H,1H3. The minimum atomic E-state index is -0.947. The quantitative estimate of drug-likeness (QED) is 0.678. The molecule has 0 aliphatic rings. The van der Waals surface area contributed by atoms with E-state index in [4.69, 9.17) is 0 Å². The normalized spacial score (nSPS) is 12.5. The summed E-state index contributed by atoms with van der Waals surface area (Å²) < 4.78 is 11.6. The van der Waals surface area contributed by atoms with Crippen molar-refractivity contribution in [2.75, 3.05) is 6.26 Å². The number of hydrogen-bond acceptors (Lipinski definition) is 1. The highest BCUT2D eigenvalue weighted by molar-refractivity contribution is 7.84. The average molecular weight is 266 g/mol. The van der Waals surface area contributed by atoms with Crippen LogP contribution in [0.5, 0.6) is 0 Å². The van der Waals surface area contributed by atoms with Crippen LogP contribution in [0.2, 0.25) is 0 Å². The summed E-state index contributed by atoms with van der Waals surface area (Å²) in [4.78, 5) is 0.866. The van der Waals surface area contributed by atoms with Crippen molar-refractivity contribution in [2.45, 2.75) is 4.90 Å². The summed E-state index contributed by atoms with van der Waals surface area (Å²) in [6.45, 7) is 0. The molecule has 0 N–H and O–H groups in total. The summed E-state index contributed by atoms with van der Waals surface area (Å²) in [5.41, 5.74) is 2.30. The van der Waals surface area contributed by atoms with Crippen LogP contribution in [-0.4, -0.2) is 10.5 Å². The summed E-state index contributed by atoms with van der Waals surface area (Å²) in [5.74, 6) is 0. The zero-order valence-electron chi connectivity index (χ0n) is 10.7. The molecule has 0 fully saturated rings. The molecule has 1 nitrogen and oxygen atoms in total. The van der Waals surface area contributed by atoms with E-state index in [9.17, 15) is 4.21 Å². The maximum Gasteiger partial charge on any atom is 0.0498 e. The molecule has 0 saturated carbocycles. The Morgan fingerprint density at radius 3 is 2.42 bits per heavy atom. The Hall–Kier alpha value is -1.93. The van der Waals surface area contributed by atoms with Crippen LogP contribution in [0.25, 0.3) is 21.9 Å². The van der Waals surface area contributed by atoms with E-state index in [-0.39, 0.29) is 0 Å². The van der Waals surface area contributed by atoms with Gasteiger partial charge in [0.1, 0.15) is 0 Å². The summed E-state index contributed by atoms with van der Waals surface area (Å²) in [6, 6.07) is 22.6. The third-order valence-electron chi connectivity index (χ3n) is 3.27. The third-order valence-corrected chi connectivity index (χ3v) is 4.18. The van der Waals surface area contributed by atoms with Crippen molar-refractivity contribution in [2.24, 2.45) is 0 Å². The molecular formula is C17H14OS. The van der Waals surface area contributed by atoms with Gasteiger partial charge in [-0.3, -0.25) is 4.21 Å². The molecule has 2 heteroatoms. The van der Waals surface area contributed by atoms with E-state index in [1.54, 1.807) is 6.26 Å². The van der Waals surface area contributed by atoms with Crippen LogP contribution in [0.3, 0.4) is 0 Å². The second-order valence-corrected chi connectivity index (χ2v) is 5.89. The Kier molecular flexibility index (Phi) is 3.18. The lowest BCUT2D eigenvalue weighted by molar-refractivity contribution is 0.687. The van der Waals surface area contributed by atoms with Gasteiger partial charge in [-0.25, -0.2) is 0 Å². The fourth-order valence-electron chi connectivity index (χ4n) is 2.32. The van der Waals surface area contributed by atoms with Gasteiger partial charge >= 0.3 is 0 Å². The Labute approximate surface area is 115 Å². The molecule has 0 aliphatic heterocycles. The Morgan fingerprint density at radius 1 is 0.842 bits per heavy atom. The van der Waals surface area contributed by atoms with Gasteiger partial charge in [0.2, 0.25) is 0 Å². The second kappa shape index (κ2) is 4.98. The summed E-state index contributed by atoms with van der Waals surface area (Å²) in [6.07, 6.45) is 1.71. The molecule has 1 atom stereocenters. The van der Waals surface area contributed by atoms with E-state index in [0.717, 1.165) is 10.5 Å². The molecule has 19 heavy (non-hydrogen) atoms. The number of fused-ring (bicyclic) bond motifs is 1. The SMILES string of the molecule is CS(=O)c1cccc(-c2cccc3ccccc23)c1. The van der Waals surface area contributed by atoms with Crippen LogP contribution in [0.1, 0.15) is 0 Å². The van der Waals surface area contributed by atoms with Crippen LogP contribution in [0.15, 0.2) is 71.6 Å². The first-order valence-electron chi connectivity index (χ1n) is 6.17. The molecule has 0 aliphatic carbocycles. The van der Waals surface area contributed by atoms with Gasteiger partial charge in [0, 0.05) is 22.0 Å². The molecular weight excluding hydrogens is 252 g/mol. The number of benzene rings is 3. The molecule has 1 unspecified atom stereocenters. The van der Waals surface area contributed by atoms with Gasteiger partial charge in [-0.1, -0.05) is 54.6 Å². The minimum absolute atomic E-state index is 0.866. The highest BCUT2D eigenvalue weighted by atomic mass is 32.2. The monoisotopic (exact) mass is 266 g/mol. The highest BCUT2D eigenvalue weighted by Crippen LogP contribution is 2.29. The Morgan fingerprint density at radius 2 is 1.58 bits per heavy atom. The van der Waals surface area contributed by atoms with Gasteiger partial charge in [0.25, 0.3) is 0 Å². The first-order valence-corrected chi connectivity index (χ1v) is 7.73. The maximum absolute atomic E-state index is 11.6. The number of rotatable bonds is 2. The predicted octanol–water partition coefficient (Wildman–Crippen LogP) is 4.24. The molecule has 0 heterocycles. The molecule has 94 valence electrons. The van der Waals surface area contributed by atoms with Gasteiger partial charge in [0.05, 0.1) is 0 Å². The third kappa shape index (κ3) is 2.32. The van der Waals surface area contributed by atoms with E-state index in [2.05, 4.69) is 36.4 Å². The zero-order valence-corrected chi connectivity index (χ0v) is 11.5. The molecule has 0 saturated heterocycles. The van der Waals surface area contributed by atoms with Crippen molar-refractivity contribution in [3.05, 3.63) is 66.7 Å². The second-order valence-electron chi connectivity index (χ2n) is 4.51. The van der Waals surface area contributed by atoms with Crippen LogP contribution >= 0.6 is 0 Å².